The molecule has 2 N–H and O–H groups in total. The molecule has 1 aliphatic rings. The van der Waals surface area contributed by atoms with Gasteiger partial charge >= 0.3 is 0 Å². The molecule has 1 aromatic heterocycles. The van der Waals surface area contributed by atoms with Gasteiger partial charge in [-0.2, -0.15) is 8.42 Å². The molecule has 2 aromatic carbocycles. The van der Waals surface area contributed by atoms with Gasteiger partial charge in [0.25, 0.3) is 15.9 Å². The van der Waals surface area contributed by atoms with Gasteiger partial charge in [0.15, 0.2) is 5.03 Å². The van der Waals surface area contributed by atoms with Crippen LogP contribution in [0.5, 0.6) is 11.5 Å². The minimum absolute atomic E-state index is 0.0493. The average molecular weight is 572 g/mol. The molecule has 216 valence electrons. The number of anilines is 1. The van der Waals surface area contributed by atoms with E-state index in [-0.39, 0.29) is 40.8 Å². The highest BCUT2D eigenvalue weighted by Gasteiger charge is 2.34. The van der Waals surface area contributed by atoms with Crippen molar-refractivity contribution in [2.45, 2.75) is 37.6 Å². The summed E-state index contributed by atoms with van der Waals surface area (Å²) < 4.78 is 41.4. The number of aliphatic hydroxyl groups excluding tert-OH is 1. The van der Waals surface area contributed by atoms with Crippen LogP contribution >= 0.6 is 0 Å². The summed E-state index contributed by atoms with van der Waals surface area (Å²) in [6.07, 6.45) is 2.51. The summed E-state index contributed by atoms with van der Waals surface area (Å²) in [5.41, 5.74) is 1.55. The van der Waals surface area contributed by atoms with E-state index in [2.05, 4.69) is 14.6 Å². The maximum atomic E-state index is 13.7. The van der Waals surface area contributed by atoms with Gasteiger partial charge in [-0.25, -0.2) is 4.98 Å². The molecular weight excluding hydrogens is 534 g/mol. The van der Waals surface area contributed by atoms with Crippen molar-refractivity contribution < 1.29 is 27.8 Å². The van der Waals surface area contributed by atoms with Crippen molar-refractivity contribution in [1.29, 1.82) is 0 Å². The molecule has 3 aromatic rings. The van der Waals surface area contributed by atoms with Gasteiger partial charge < -0.3 is 24.0 Å². The van der Waals surface area contributed by atoms with Gasteiger partial charge in [-0.15, -0.1) is 0 Å². The van der Waals surface area contributed by atoms with Crippen LogP contribution in [-0.4, -0.2) is 84.8 Å². The number of nitrogens with zero attached hydrogens (tertiary/aromatic N) is 4. The number of benzene rings is 2. The number of aryl methyl sites for hydroxylation is 1. The largest absolute Gasteiger partial charge is 0.497 e. The predicted molar refractivity (Wildman–Crippen MR) is 151 cm³/mol. The summed E-state index contributed by atoms with van der Waals surface area (Å²) in [6, 6.07) is 12.1. The number of aliphatic hydroxyl groups is 1. The molecule has 3 atom stereocenters. The van der Waals surface area contributed by atoms with E-state index in [0.29, 0.717) is 25.4 Å². The fourth-order valence-corrected chi connectivity index (χ4v) is 5.69. The smallest absolute Gasteiger partial charge is 0.280 e. The number of likely N-dealkylation sites (N-methyl/N-ethyl adjacent to an activating group) is 1. The van der Waals surface area contributed by atoms with E-state index in [1.165, 1.54) is 23.2 Å². The van der Waals surface area contributed by atoms with Gasteiger partial charge in [0.2, 0.25) is 0 Å². The second kappa shape index (κ2) is 12.3. The normalized spacial score (nSPS) is 18.5. The highest BCUT2D eigenvalue weighted by atomic mass is 32.2. The van der Waals surface area contributed by atoms with Crippen molar-refractivity contribution in [2.75, 3.05) is 38.6 Å². The first-order chi connectivity index (χ1) is 19.0. The molecule has 0 saturated heterocycles. The van der Waals surface area contributed by atoms with Crippen molar-refractivity contribution in [3.63, 3.8) is 0 Å². The number of fused-ring (bicyclic) bond motifs is 1. The van der Waals surface area contributed by atoms with Crippen molar-refractivity contribution in [3.8, 4) is 11.5 Å². The zero-order valence-electron chi connectivity index (χ0n) is 23.4. The van der Waals surface area contributed by atoms with Crippen LogP contribution in [0.2, 0.25) is 0 Å². The van der Waals surface area contributed by atoms with Crippen LogP contribution in [0, 0.1) is 5.92 Å². The number of methoxy groups -OCH3 is 1. The molecule has 0 spiro atoms. The van der Waals surface area contributed by atoms with E-state index in [1.807, 2.05) is 38.2 Å². The van der Waals surface area contributed by atoms with E-state index in [9.17, 15) is 18.3 Å². The van der Waals surface area contributed by atoms with Gasteiger partial charge in [-0.1, -0.05) is 19.1 Å². The van der Waals surface area contributed by atoms with Crippen LogP contribution in [0.25, 0.3) is 0 Å². The third-order valence-corrected chi connectivity index (χ3v) is 8.24. The van der Waals surface area contributed by atoms with Gasteiger partial charge in [0.1, 0.15) is 17.6 Å². The van der Waals surface area contributed by atoms with E-state index in [4.69, 9.17) is 9.47 Å². The molecule has 1 aliphatic heterocycles. The average Bonchev–Trinajstić information content (AvgIpc) is 3.38. The number of imidazole rings is 1. The second-order valence-corrected chi connectivity index (χ2v) is 12.0. The Morgan fingerprint density at radius 3 is 2.60 bits per heavy atom. The monoisotopic (exact) mass is 571 g/mol. The second-order valence-electron chi connectivity index (χ2n) is 10.4. The molecule has 0 aliphatic carbocycles. The highest BCUT2D eigenvalue weighted by Crippen LogP contribution is 2.31. The Bertz CT molecular complexity index is 1430. The maximum Gasteiger partial charge on any atom is 0.280 e. The van der Waals surface area contributed by atoms with Crippen LogP contribution in [0.3, 0.4) is 0 Å². The molecule has 1 amide bonds. The van der Waals surface area contributed by atoms with Crippen molar-refractivity contribution in [1.82, 2.24) is 19.4 Å². The van der Waals surface area contributed by atoms with Crippen LogP contribution in [0.15, 0.2) is 60.0 Å². The topological polar surface area (TPSA) is 126 Å². The van der Waals surface area contributed by atoms with Crippen LogP contribution in [-0.2, 0) is 23.6 Å². The molecule has 11 nitrogen and oxygen atoms in total. The SMILES string of the molecule is COc1ccc(CN(C)C[C@@H]2Oc3ccc(NS(=O)(=O)c4cn(C)cn4)cc3C(=O)N([C@H](C)CO)C[C@H]2C)cc1. The molecular formula is C28H37N5O6S. The van der Waals surface area contributed by atoms with Gasteiger partial charge in [-0.3, -0.25) is 14.4 Å². The molecule has 2 heterocycles. The lowest BCUT2D eigenvalue weighted by Crippen LogP contribution is -2.49. The lowest BCUT2D eigenvalue weighted by Gasteiger charge is -2.38. The molecule has 0 fully saturated rings. The Labute approximate surface area is 235 Å². The number of carbonyl (C=O) groups excluding carboxylic acids is 1. The fourth-order valence-electron chi connectivity index (χ4n) is 4.65. The molecule has 0 radical (unpaired) electrons. The molecule has 0 bridgehead atoms. The van der Waals surface area contributed by atoms with E-state index in [0.717, 1.165) is 11.3 Å². The highest BCUT2D eigenvalue weighted by molar-refractivity contribution is 7.92. The number of hydrogen-bond acceptors (Lipinski definition) is 8. The summed E-state index contributed by atoms with van der Waals surface area (Å²) in [4.78, 5) is 21.4. The summed E-state index contributed by atoms with van der Waals surface area (Å²) in [5, 5.41) is 9.78. The third-order valence-electron chi connectivity index (χ3n) is 6.98. The molecule has 40 heavy (non-hydrogen) atoms. The van der Waals surface area contributed by atoms with Crippen molar-refractivity contribution in [3.05, 3.63) is 66.1 Å². The minimum atomic E-state index is -3.96. The fraction of sp³-hybridized carbons (Fsp3) is 0.429. The van der Waals surface area contributed by atoms with E-state index < -0.39 is 16.1 Å². The predicted octanol–water partition coefficient (Wildman–Crippen LogP) is 2.58. The number of rotatable bonds is 10. The number of carbonyl (C=O) groups is 1. The molecule has 4 rings (SSSR count). The van der Waals surface area contributed by atoms with E-state index in [1.54, 1.807) is 38.1 Å². The van der Waals surface area contributed by atoms with Gasteiger partial charge in [0, 0.05) is 44.5 Å². The van der Waals surface area contributed by atoms with Crippen LogP contribution in [0.4, 0.5) is 5.69 Å². The Morgan fingerprint density at radius 1 is 1.25 bits per heavy atom. The Balaban J connectivity index is 1.60. The summed E-state index contributed by atoms with van der Waals surface area (Å²) in [6.45, 7) is 5.24. The van der Waals surface area contributed by atoms with Crippen molar-refractivity contribution in [2.24, 2.45) is 13.0 Å². The van der Waals surface area contributed by atoms with Gasteiger partial charge in [-0.05, 0) is 49.9 Å². The number of ether oxygens (including phenoxy) is 2. The Hall–Kier alpha value is -3.61. The Morgan fingerprint density at radius 2 is 1.98 bits per heavy atom. The summed E-state index contributed by atoms with van der Waals surface area (Å²) >= 11 is 0. The lowest BCUT2D eigenvalue weighted by atomic mass is 9.99. The summed E-state index contributed by atoms with van der Waals surface area (Å²) in [7, 11) is 1.36. The lowest BCUT2D eigenvalue weighted by molar-refractivity contribution is 0.0341. The number of aromatic nitrogens is 2. The van der Waals surface area contributed by atoms with Crippen LogP contribution < -0.4 is 14.2 Å². The zero-order valence-corrected chi connectivity index (χ0v) is 24.3. The molecule has 0 saturated carbocycles. The standard InChI is InChI=1S/C28H37N5O6S/c1-19-13-33(20(2)17-34)28(35)24-12-22(30-40(36,37)27-16-32(4)18-29-27)8-11-25(24)39-26(19)15-31(3)14-21-6-9-23(38-5)10-7-21/h6-12,16,18-20,26,30,34H,13-15,17H2,1-5H3/t19-,20-,26+/m1/s1. The number of nitrogens with one attached hydrogen (secondary N) is 1. The van der Waals surface area contributed by atoms with E-state index >= 15 is 0 Å². The van der Waals surface area contributed by atoms with Gasteiger partial charge in [0.05, 0.1) is 31.6 Å². The van der Waals surface area contributed by atoms with Crippen molar-refractivity contribution >= 4 is 21.6 Å². The summed E-state index contributed by atoms with van der Waals surface area (Å²) in [5.74, 6) is 0.763. The number of amides is 1. The first kappa shape index (κ1) is 29.4. The minimum Gasteiger partial charge on any atom is -0.497 e. The number of hydrogen-bond donors (Lipinski definition) is 2. The van der Waals surface area contributed by atoms with Crippen LogP contribution in [0.1, 0.15) is 29.8 Å². The number of sulfonamides is 1. The molecule has 0 unspecified atom stereocenters. The quantitative estimate of drug-likeness (QED) is 0.380. The Kier molecular flexibility index (Phi) is 9.02. The molecule has 12 heteroatoms. The first-order valence-corrected chi connectivity index (χ1v) is 14.5. The third kappa shape index (κ3) is 6.75. The first-order valence-electron chi connectivity index (χ1n) is 13.1. The zero-order chi connectivity index (χ0) is 29.0. The maximum absolute atomic E-state index is 13.7.